The smallest absolute Gasteiger partial charge is 0.340 e. The van der Waals surface area contributed by atoms with Crippen LogP contribution in [-0.4, -0.2) is 51.4 Å². The van der Waals surface area contributed by atoms with Crippen LogP contribution in [0.1, 0.15) is 40.5 Å². The normalized spacial score (nSPS) is 45.9. The van der Waals surface area contributed by atoms with E-state index in [1.54, 1.807) is 20.8 Å². The zero-order valence-corrected chi connectivity index (χ0v) is 19.7. The molecule has 0 saturated heterocycles. The number of halogens is 2. The summed E-state index contributed by atoms with van der Waals surface area (Å²) in [5.41, 5.74) is -6.84. The summed E-state index contributed by atoms with van der Waals surface area (Å²) in [7, 11) is 0. The average molecular weight is 483 g/mol. The lowest BCUT2D eigenvalue weighted by Crippen LogP contribution is -2.69. The number of rotatable bonds is 3. The minimum atomic E-state index is -2.29. The van der Waals surface area contributed by atoms with E-state index in [0.717, 1.165) is 0 Å². The van der Waals surface area contributed by atoms with E-state index in [2.05, 4.69) is 0 Å². The lowest BCUT2D eigenvalue weighted by molar-refractivity contribution is -0.216. The van der Waals surface area contributed by atoms with E-state index in [1.165, 1.54) is 31.2 Å². The van der Waals surface area contributed by atoms with E-state index in [0.29, 0.717) is 0 Å². The van der Waals surface area contributed by atoms with Gasteiger partial charge >= 0.3 is 11.9 Å². The zero-order valence-electron chi connectivity index (χ0n) is 18.9. The van der Waals surface area contributed by atoms with Crippen molar-refractivity contribution in [3.05, 3.63) is 35.6 Å². The number of esters is 2. The van der Waals surface area contributed by atoms with Crippen LogP contribution in [0.4, 0.5) is 4.39 Å². The number of ketones is 1. The van der Waals surface area contributed by atoms with Crippen LogP contribution in [0.5, 0.6) is 0 Å². The fourth-order valence-corrected chi connectivity index (χ4v) is 7.03. The summed E-state index contributed by atoms with van der Waals surface area (Å²) >= 11 is 5.58. The quantitative estimate of drug-likeness (QED) is 0.470. The van der Waals surface area contributed by atoms with Gasteiger partial charge in [-0.3, -0.25) is 9.59 Å². The molecule has 33 heavy (non-hydrogen) atoms. The highest BCUT2D eigenvalue weighted by Crippen LogP contribution is 2.70. The summed E-state index contributed by atoms with van der Waals surface area (Å²) in [4.78, 5) is 36.8. The van der Waals surface area contributed by atoms with Crippen LogP contribution < -0.4 is 0 Å². The van der Waals surface area contributed by atoms with Crippen molar-refractivity contribution in [2.45, 2.75) is 57.9 Å². The first-order valence-electron chi connectivity index (χ1n) is 11.0. The number of hydrogen-bond acceptors (Lipinski definition) is 7. The molecule has 0 aromatic heterocycles. The highest BCUT2D eigenvalue weighted by atomic mass is 35.5. The zero-order chi connectivity index (χ0) is 24.6. The van der Waals surface area contributed by atoms with Gasteiger partial charge in [0.25, 0.3) is 0 Å². The highest BCUT2D eigenvalue weighted by molar-refractivity contribution is 6.17. The van der Waals surface area contributed by atoms with Gasteiger partial charge in [-0.2, -0.15) is 0 Å². The molecule has 180 valence electrons. The van der Waals surface area contributed by atoms with Gasteiger partial charge in [0.15, 0.2) is 23.1 Å². The van der Waals surface area contributed by atoms with Crippen molar-refractivity contribution in [1.29, 1.82) is 0 Å². The number of carbonyl (C=O) groups excluding carboxylic acids is 3. The number of ether oxygens (including phenoxy) is 2. The Morgan fingerprint density at radius 1 is 1.33 bits per heavy atom. The fourth-order valence-electron chi connectivity index (χ4n) is 6.93. The Morgan fingerprint density at radius 3 is 2.61 bits per heavy atom. The van der Waals surface area contributed by atoms with Gasteiger partial charge in [0.2, 0.25) is 0 Å². The van der Waals surface area contributed by atoms with Gasteiger partial charge in [-0.25, -0.2) is 9.18 Å². The molecule has 9 heteroatoms. The summed E-state index contributed by atoms with van der Waals surface area (Å²) < 4.78 is 27.6. The van der Waals surface area contributed by atoms with Gasteiger partial charge < -0.3 is 19.7 Å². The molecule has 0 radical (unpaired) electrons. The van der Waals surface area contributed by atoms with Gasteiger partial charge in [0, 0.05) is 23.8 Å². The maximum absolute atomic E-state index is 17.2. The van der Waals surface area contributed by atoms with Crippen LogP contribution in [0.2, 0.25) is 0 Å². The molecule has 4 aliphatic carbocycles. The predicted octanol–water partition coefficient (Wildman–Crippen LogP) is 2.74. The third-order valence-electron chi connectivity index (χ3n) is 8.60. The lowest BCUT2D eigenvalue weighted by atomic mass is 9.46. The standard InChI is InChI=1S/C24H28ClFO7/c1-12-7-15-16-9-18(33-13(2)27)17-8-14(28)5-6-21(17,3)23(16,26)19(29)10-22(15,4)24(12,31)20(30)32-11-25/h5-6,8-9,12,15-16,19,29,31H,7,10-11H2,1-4H3/t12-,15-,16-,19+,21-,22-,23-,24-/m0/s1. The third-order valence-corrected chi connectivity index (χ3v) is 8.71. The number of fused-ring (bicyclic) bond motifs is 5. The minimum Gasteiger partial charge on any atom is -0.447 e. The van der Waals surface area contributed by atoms with Gasteiger partial charge in [-0.15, -0.1) is 0 Å². The molecule has 7 nitrogen and oxygen atoms in total. The van der Waals surface area contributed by atoms with Crippen molar-refractivity contribution in [1.82, 2.24) is 0 Å². The molecule has 4 aliphatic rings. The maximum atomic E-state index is 17.2. The lowest BCUT2D eigenvalue weighted by Gasteiger charge is -2.61. The average Bonchev–Trinajstić information content (AvgIpc) is 2.93. The van der Waals surface area contributed by atoms with Crippen molar-refractivity contribution in [2.75, 3.05) is 6.07 Å². The van der Waals surface area contributed by atoms with E-state index in [9.17, 15) is 24.6 Å². The molecule has 2 saturated carbocycles. The van der Waals surface area contributed by atoms with E-state index in [4.69, 9.17) is 21.1 Å². The molecule has 0 aliphatic heterocycles. The van der Waals surface area contributed by atoms with Crippen LogP contribution in [-0.2, 0) is 23.9 Å². The molecule has 2 N–H and O–H groups in total. The number of aliphatic hydroxyl groups excluding tert-OH is 1. The summed E-state index contributed by atoms with van der Waals surface area (Å²) in [6, 6.07) is -0.449. The molecule has 8 atom stereocenters. The van der Waals surface area contributed by atoms with Crippen LogP contribution in [0.25, 0.3) is 0 Å². The van der Waals surface area contributed by atoms with Crippen molar-refractivity contribution in [2.24, 2.45) is 28.6 Å². The van der Waals surface area contributed by atoms with Gasteiger partial charge in [0.1, 0.15) is 5.76 Å². The van der Waals surface area contributed by atoms with Gasteiger partial charge in [0.05, 0.1) is 11.5 Å². The second-order valence-corrected chi connectivity index (χ2v) is 10.3. The number of carbonyl (C=O) groups is 3. The molecule has 0 spiro atoms. The third kappa shape index (κ3) is 2.90. The molecule has 2 fully saturated rings. The Bertz CT molecular complexity index is 1020. The van der Waals surface area contributed by atoms with Crippen molar-refractivity contribution in [3.8, 4) is 0 Å². The number of aliphatic hydroxyl groups is 2. The van der Waals surface area contributed by atoms with E-state index in [1.807, 2.05) is 0 Å². The number of allylic oxidation sites excluding steroid dienone is 5. The molecule has 0 unspecified atom stereocenters. The van der Waals surface area contributed by atoms with Crippen molar-refractivity contribution < 1.29 is 38.5 Å². The molecular formula is C24H28ClFO7. The van der Waals surface area contributed by atoms with Crippen LogP contribution >= 0.6 is 11.6 Å². The predicted molar refractivity (Wildman–Crippen MR) is 115 cm³/mol. The van der Waals surface area contributed by atoms with Crippen molar-refractivity contribution in [3.63, 3.8) is 0 Å². The summed E-state index contributed by atoms with van der Waals surface area (Å²) in [5.74, 6) is -4.14. The monoisotopic (exact) mass is 482 g/mol. The van der Waals surface area contributed by atoms with Gasteiger partial charge in [-0.05, 0) is 49.8 Å². The molecular weight excluding hydrogens is 455 g/mol. The first-order valence-corrected chi connectivity index (χ1v) is 11.5. The van der Waals surface area contributed by atoms with E-state index in [-0.39, 0.29) is 30.0 Å². The molecule has 0 heterocycles. The van der Waals surface area contributed by atoms with Crippen LogP contribution in [0, 0.1) is 28.6 Å². The number of alkyl halides is 2. The molecule has 4 rings (SSSR count). The Hall–Kier alpha value is -2.03. The van der Waals surface area contributed by atoms with Crippen molar-refractivity contribution >= 4 is 29.3 Å². The molecule has 0 aromatic rings. The summed E-state index contributed by atoms with van der Waals surface area (Å²) in [5, 5.41) is 22.9. The fraction of sp³-hybridized carbons (Fsp3) is 0.625. The van der Waals surface area contributed by atoms with Crippen LogP contribution in [0.15, 0.2) is 35.6 Å². The van der Waals surface area contributed by atoms with Crippen LogP contribution in [0.3, 0.4) is 0 Å². The van der Waals surface area contributed by atoms with Gasteiger partial charge in [-0.1, -0.05) is 31.5 Å². The number of hydrogen-bond donors (Lipinski definition) is 2. The second kappa shape index (κ2) is 7.48. The summed E-state index contributed by atoms with van der Waals surface area (Å²) in [6.45, 7) is 6.09. The highest BCUT2D eigenvalue weighted by Gasteiger charge is 2.76. The SMILES string of the molecule is CC(=O)OC1=C[C@H]2[C@@H]3C[C@H](C)[C@](O)(C(=O)OCCl)[C@@]3(C)C[C@@H](O)[C@]2(F)[C@@]2(C)C=CC(=O)C=C12. The topological polar surface area (TPSA) is 110 Å². The Kier molecular flexibility index (Phi) is 5.47. The molecule has 0 aromatic carbocycles. The maximum Gasteiger partial charge on any atom is 0.340 e. The largest absolute Gasteiger partial charge is 0.447 e. The Labute approximate surface area is 196 Å². The summed E-state index contributed by atoms with van der Waals surface area (Å²) in [6.07, 6.45) is 3.73. The Morgan fingerprint density at radius 2 is 2.00 bits per heavy atom. The second-order valence-electron chi connectivity index (χ2n) is 10.1. The van der Waals surface area contributed by atoms with E-state index < -0.39 is 64.0 Å². The minimum absolute atomic E-state index is 0.0452. The molecule has 0 bridgehead atoms. The van der Waals surface area contributed by atoms with E-state index >= 15 is 4.39 Å². The Balaban J connectivity index is 1.93. The first kappa shape index (κ1) is 24.1. The first-order chi connectivity index (χ1) is 15.3. The molecule has 0 amide bonds.